The number of aromatic amines is 1. The number of aliphatic hydroxyl groups excluding tert-OH is 1. The van der Waals surface area contributed by atoms with Gasteiger partial charge in [-0.25, -0.2) is 4.79 Å². The van der Waals surface area contributed by atoms with Crippen molar-refractivity contribution in [1.82, 2.24) is 9.55 Å². The third-order valence-electron chi connectivity index (χ3n) is 5.72. The maximum Gasteiger partial charge on any atom is 0.328 e. The SMILES string of the molecule is O=c1ccn(C2CC(OCc3ccccc3)C(COCc3ccccc3)C2O)c(=O)[nH]1. The van der Waals surface area contributed by atoms with E-state index in [4.69, 9.17) is 9.47 Å². The van der Waals surface area contributed by atoms with Crippen molar-refractivity contribution in [3.63, 3.8) is 0 Å². The molecule has 4 unspecified atom stereocenters. The summed E-state index contributed by atoms with van der Waals surface area (Å²) >= 11 is 0. The van der Waals surface area contributed by atoms with Gasteiger partial charge in [-0.2, -0.15) is 0 Å². The zero-order valence-corrected chi connectivity index (χ0v) is 17.1. The summed E-state index contributed by atoms with van der Waals surface area (Å²) < 4.78 is 13.4. The van der Waals surface area contributed by atoms with E-state index in [1.54, 1.807) is 0 Å². The summed E-state index contributed by atoms with van der Waals surface area (Å²) in [7, 11) is 0. The fourth-order valence-corrected chi connectivity index (χ4v) is 4.09. The number of aliphatic hydroxyl groups is 1. The van der Waals surface area contributed by atoms with E-state index in [1.165, 1.54) is 16.8 Å². The van der Waals surface area contributed by atoms with Crippen LogP contribution in [0.3, 0.4) is 0 Å². The summed E-state index contributed by atoms with van der Waals surface area (Å²) in [5, 5.41) is 11.0. The summed E-state index contributed by atoms with van der Waals surface area (Å²) in [5.74, 6) is -0.309. The molecule has 1 aromatic heterocycles. The average Bonchev–Trinajstić information content (AvgIpc) is 3.09. The van der Waals surface area contributed by atoms with Crippen LogP contribution < -0.4 is 11.2 Å². The summed E-state index contributed by atoms with van der Waals surface area (Å²) in [6.45, 7) is 1.13. The number of hydrogen-bond donors (Lipinski definition) is 2. The van der Waals surface area contributed by atoms with Gasteiger partial charge in [0.25, 0.3) is 5.56 Å². The van der Waals surface area contributed by atoms with Crippen LogP contribution in [0.1, 0.15) is 23.6 Å². The fraction of sp³-hybridized carbons (Fsp3) is 0.333. The number of hydrogen-bond acceptors (Lipinski definition) is 5. The highest BCUT2D eigenvalue weighted by Gasteiger charge is 2.44. The predicted molar refractivity (Wildman–Crippen MR) is 116 cm³/mol. The Balaban J connectivity index is 1.49. The summed E-state index contributed by atoms with van der Waals surface area (Å²) in [6, 6.07) is 20.4. The van der Waals surface area contributed by atoms with E-state index >= 15 is 0 Å². The van der Waals surface area contributed by atoms with Gasteiger partial charge in [-0.05, 0) is 17.5 Å². The van der Waals surface area contributed by atoms with Crippen molar-refractivity contribution < 1.29 is 14.6 Å². The summed E-state index contributed by atoms with van der Waals surface area (Å²) in [5.41, 5.74) is 1.08. The molecule has 4 rings (SSSR count). The molecule has 1 aliphatic rings. The van der Waals surface area contributed by atoms with Crippen LogP contribution in [0.25, 0.3) is 0 Å². The van der Waals surface area contributed by atoms with E-state index in [-0.39, 0.29) is 12.0 Å². The second-order valence-electron chi connectivity index (χ2n) is 7.81. The van der Waals surface area contributed by atoms with Crippen molar-refractivity contribution in [3.8, 4) is 0 Å². The number of aromatic nitrogens is 2. The first kappa shape index (κ1) is 21.2. The lowest BCUT2D eigenvalue weighted by molar-refractivity contribution is -0.0476. The molecule has 0 aliphatic heterocycles. The normalized spacial score (nSPS) is 23.1. The van der Waals surface area contributed by atoms with Crippen LogP contribution in [0.2, 0.25) is 0 Å². The van der Waals surface area contributed by atoms with Crippen molar-refractivity contribution in [2.75, 3.05) is 6.61 Å². The number of nitrogens with zero attached hydrogens (tertiary/aromatic N) is 1. The Morgan fingerprint density at radius 3 is 2.23 bits per heavy atom. The van der Waals surface area contributed by atoms with Crippen molar-refractivity contribution in [1.29, 1.82) is 0 Å². The van der Waals surface area contributed by atoms with E-state index < -0.39 is 23.4 Å². The van der Waals surface area contributed by atoms with Crippen molar-refractivity contribution >= 4 is 0 Å². The van der Waals surface area contributed by atoms with E-state index in [0.29, 0.717) is 26.2 Å². The molecule has 7 nitrogen and oxygen atoms in total. The second kappa shape index (κ2) is 9.87. The fourth-order valence-electron chi connectivity index (χ4n) is 4.09. The number of nitrogens with one attached hydrogen (secondary N) is 1. The van der Waals surface area contributed by atoms with Gasteiger partial charge in [0, 0.05) is 18.2 Å². The standard InChI is InChI=1S/C24H26N2O5/c27-22-11-12-26(24(29)25-22)20-13-21(31-15-18-9-5-2-6-10-18)19(23(20)28)16-30-14-17-7-3-1-4-8-17/h1-12,19-21,23,28H,13-16H2,(H,25,27,29). The van der Waals surface area contributed by atoms with E-state index in [9.17, 15) is 14.7 Å². The molecule has 2 N–H and O–H groups in total. The molecule has 31 heavy (non-hydrogen) atoms. The topological polar surface area (TPSA) is 93.5 Å². The third kappa shape index (κ3) is 5.19. The van der Waals surface area contributed by atoms with Gasteiger partial charge < -0.3 is 14.6 Å². The minimum atomic E-state index is -0.847. The molecule has 3 aromatic rings. The van der Waals surface area contributed by atoms with Gasteiger partial charge in [0.05, 0.1) is 38.1 Å². The number of H-pyrrole nitrogens is 1. The Morgan fingerprint density at radius 1 is 0.935 bits per heavy atom. The van der Waals surface area contributed by atoms with Crippen LogP contribution >= 0.6 is 0 Å². The van der Waals surface area contributed by atoms with Crippen LogP contribution in [0.15, 0.2) is 82.5 Å². The first-order chi connectivity index (χ1) is 15.1. The Morgan fingerprint density at radius 2 is 1.58 bits per heavy atom. The number of rotatable bonds is 8. The third-order valence-corrected chi connectivity index (χ3v) is 5.72. The van der Waals surface area contributed by atoms with Crippen LogP contribution in [-0.2, 0) is 22.7 Å². The van der Waals surface area contributed by atoms with Gasteiger partial charge >= 0.3 is 5.69 Å². The lowest BCUT2D eigenvalue weighted by Crippen LogP contribution is -2.36. The van der Waals surface area contributed by atoms with Gasteiger partial charge in [-0.3, -0.25) is 14.3 Å². The zero-order valence-electron chi connectivity index (χ0n) is 17.1. The average molecular weight is 422 g/mol. The molecule has 2 aromatic carbocycles. The Bertz CT molecular complexity index is 1080. The lowest BCUT2D eigenvalue weighted by Gasteiger charge is -2.23. The number of benzene rings is 2. The van der Waals surface area contributed by atoms with Crippen LogP contribution in [0.4, 0.5) is 0 Å². The molecule has 1 heterocycles. The van der Waals surface area contributed by atoms with Crippen molar-refractivity contribution in [3.05, 3.63) is 105 Å². The molecule has 7 heteroatoms. The van der Waals surface area contributed by atoms with Crippen molar-refractivity contribution in [2.24, 2.45) is 5.92 Å². The molecule has 0 bridgehead atoms. The van der Waals surface area contributed by atoms with Crippen molar-refractivity contribution in [2.45, 2.75) is 37.9 Å². The maximum atomic E-state index is 12.3. The first-order valence-electron chi connectivity index (χ1n) is 10.4. The molecular formula is C24H26N2O5. The highest BCUT2D eigenvalue weighted by atomic mass is 16.5. The molecular weight excluding hydrogens is 396 g/mol. The molecule has 0 amide bonds. The lowest BCUT2D eigenvalue weighted by atomic mass is 10.0. The van der Waals surface area contributed by atoms with Gasteiger partial charge in [0.15, 0.2) is 0 Å². The van der Waals surface area contributed by atoms with Crippen LogP contribution in [0.5, 0.6) is 0 Å². The number of ether oxygens (including phenoxy) is 2. The van der Waals surface area contributed by atoms with Gasteiger partial charge in [0.2, 0.25) is 0 Å². The molecule has 1 saturated carbocycles. The van der Waals surface area contributed by atoms with Gasteiger partial charge in [-0.15, -0.1) is 0 Å². The first-order valence-corrected chi connectivity index (χ1v) is 10.4. The van der Waals surface area contributed by atoms with Gasteiger partial charge in [-0.1, -0.05) is 60.7 Å². The van der Waals surface area contributed by atoms with Gasteiger partial charge in [0.1, 0.15) is 0 Å². The largest absolute Gasteiger partial charge is 0.390 e. The smallest absolute Gasteiger partial charge is 0.328 e. The molecule has 0 spiro atoms. The Kier molecular flexibility index (Phi) is 6.76. The van der Waals surface area contributed by atoms with E-state index in [0.717, 1.165) is 11.1 Å². The maximum absolute atomic E-state index is 12.3. The molecule has 0 radical (unpaired) electrons. The van der Waals surface area contributed by atoms with E-state index in [2.05, 4.69) is 4.98 Å². The summed E-state index contributed by atoms with van der Waals surface area (Å²) in [6.07, 6.45) is 0.727. The monoisotopic (exact) mass is 422 g/mol. The molecule has 1 fully saturated rings. The minimum absolute atomic E-state index is 0.296. The quantitative estimate of drug-likeness (QED) is 0.581. The predicted octanol–water partition coefficient (Wildman–Crippen LogP) is 2.26. The molecule has 162 valence electrons. The van der Waals surface area contributed by atoms with Crippen LogP contribution in [-0.4, -0.2) is 33.5 Å². The summed E-state index contributed by atoms with van der Waals surface area (Å²) in [4.78, 5) is 26.0. The minimum Gasteiger partial charge on any atom is -0.390 e. The van der Waals surface area contributed by atoms with Crippen LogP contribution in [0, 0.1) is 5.92 Å². The molecule has 1 aliphatic carbocycles. The highest BCUT2D eigenvalue weighted by molar-refractivity contribution is 5.14. The Hall–Kier alpha value is -3.00. The second-order valence-corrected chi connectivity index (χ2v) is 7.81. The zero-order chi connectivity index (χ0) is 21.6. The Labute approximate surface area is 179 Å². The van der Waals surface area contributed by atoms with E-state index in [1.807, 2.05) is 60.7 Å². The molecule has 4 atom stereocenters. The molecule has 0 saturated heterocycles. The highest BCUT2D eigenvalue weighted by Crippen LogP contribution is 2.37.